The van der Waals surface area contributed by atoms with Crippen LogP contribution in [-0.2, 0) is 0 Å². The van der Waals surface area contributed by atoms with Gasteiger partial charge in [-0.15, -0.1) is 0 Å². The van der Waals surface area contributed by atoms with Crippen molar-refractivity contribution in [2.75, 3.05) is 0 Å². The summed E-state index contributed by atoms with van der Waals surface area (Å²) in [6.07, 6.45) is 3.28. The molecule has 0 aliphatic carbocycles. The van der Waals surface area contributed by atoms with Crippen molar-refractivity contribution in [3.8, 4) is 44.5 Å². The summed E-state index contributed by atoms with van der Waals surface area (Å²) in [7, 11) is 0. The zero-order chi connectivity index (χ0) is 61.0. The van der Waals surface area contributed by atoms with Crippen molar-refractivity contribution in [1.29, 1.82) is 0 Å². The summed E-state index contributed by atoms with van der Waals surface area (Å²) in [5.41, 5.74) is -17.1. The largest absolute Gasteiger partial charge is 0.354 e. The van der Waals surface area contributed by atoms with E-state index in [2.05, 4.69) is 29.9 Å². The molecule has 26 heteroatoms. The minimum Gasteiger partial charge on any atom is -0.354 e. The Morgan fingerprint density at radius 1 is 0.209 bits per heavy atom. The number of hydrogen-bond acceptors (Lipinski definition) is 2. The summed E-state index contributed by atoms with van der Waals surface area (Å²) >= 11 is 0. The third kappa shape index (κ3) is 7.90. The number of halogens is 20. The second kappa shape index (κ2) is 19.6. The molecule has 0 fully saturated rings. The van der Waals surface area contributed by atoms with Crippen LogP contribution >= 0.6 is 0 Å². The first-order valence-corrected chi connectivity index (χ1v) is 24.5. The van der Waals surface area contributed by atoms with Crippen LogP contribution < -0.4 is 0 Å². The molecule has 2 aliphatic rings. The van der Waals surface area contributed by atoms with Gasteiger partial charge in [0.05, 0.1) is 45.0 Å². The lowest BCUT2D eigenvalue weighted by molar-refractivity contribution is 0.381. The number of benzene rings is 5. The fourth-order valence-corrected chi connectivity index (χ4v) is 10.7. The predicted octanol–water partition coefficient (Wildman–Crippen LogP) is 18.5. The van der Waals surface area contributed by atoms with Gasteiger partial charge in [-0.05, 0) is 89.7 Å². The molecule has 11 aromatic rings. The van der Waals surface area contributed by atoms with Gasteiger partial charge in [-0.25, -0.2) is 97.8 Å². The minimum absolute atomic E-state index is 0.000121. The Bertz CT molecular complexity index is 4540. The molecule has 6 aromatic heterocycles. The first kappa shape index (κ1) is 54.8. The maximum atomic E-state index is 16.3. The van der Waals surface area contributed by atoms with Gasteiger partial charge >= 0.3 is 0 Å². The van der Waals surface area contributed by atoms with Crippen LogP contribution in [-0.4, -0.2) is 29.9 Å². The number of rotatable bonds is 4. The second-order valence-electron chi connectivity index (χ2n) is 19.2. The number of aromatic nitrogens is 6. The highest BCUT2D eigenvalue weighted by Gasteiger charge is 2.35. The van der Waals surface area contributed by atoms with Crippen LogP contribution in [0.25, 0.3) is 134 Å². The second-order valence-corrected chi connectivity index (χ2v) is 19.2. The van der Waals surface area contributed by atoms with Gasteiger partial charge in [0.2, 0.25) is 23.3 Å². The summed E-state index contributed by atoms with van der Waals surface area (Å²) in [5.74, 6) is -50.0. The Labute approximate surface area is 463 Å². The van der Waals surface area contributed by atoms with Gasteiger partial charge in [0, 0.05) is 77.2 Å². The number of nitrogens with one attached hydrogen (secondary N) is 4. The van der Waals surface area contributed by atoms with Gasteiger partial charge in [-0.1, -0.05) is 18.2 Å². The molecule has 0 saturated carbocycles. The van der Waals surface area contributed by atoms with Crippen molar-refractivity contribution in [1.82, 2.24) is 29.9 Å². The average molecular weight is 1200 g/mol. The molecule has 0 unspecified atom stereocenters. The van der Waals surface area contributed by atoms with Crippen LogP contribution in [0, 0.1) is 116 Å². The molecular weight excluding hydrogens is 1180 g/mol. The number of hydrogen-bond donors (Lipinski definition) is 4. The van der Waals surface area contributed by atoms with Crippen LogP contribution in [0.5, 0.6) is 0 Å². The molecule has 4 N–H and O–H groups in total. The Morgan fingerprint density at radius 3 is 0.605 bits per heavy atom. The summed E-state index contributed by atoms with van der Waals surface area (Å²) in [6, 6.07) is 14.2. The van der Waals surface area contributed by atoms with E-state index < -0.39 is 206 Å². The van der Waals surface area contributed by atoms with Crippen LogP contribution in [0.3, 0.4) is 0 Å². The summed E-state index contributed by atoms with van der Waals surface area (Å²) in [4.78, 5) is 19.7. The first-order valence-electron chi connectivity index (χ1n) is 24.5. The lowest BCUT2D eigenvalue weighted by atomic mass is 10.0. The molecule has 0 radical (unpaired) electrons. The minimum atomic E-state index is -2.61. The Hall–Kier alpha value is -10.4. The van der Waals surface area contributed by atoms with Crippen LogP contribution in [0.1, 0.15) is 22.8 Å². The SMILES string of the molecule is Fc1c(F)c(F)c(-c2c3nc(c(-c4c(F)c(F)c(F)c(F)c4F)c4ccc([nH]4)c4c5cccc(c5)c(c5ccc2[nH]5)c2ccc([nH]2)c(-c2c(F)c(F)c(F)c(F)c2F)c2nc(c(-c5c(F)c(F)c(F)c(F)c5F)c5ccc4[nH]5)C=C2)C=C3)c(F)c1F. The lowest BCUT2D eigenvalue weighted by Crippen LogP contribution is -2.05. The monoisotopic (exact) mass is 1200 g/mol. The van der Waals surface area contributed by atoms with E-state index in [1.54, 1.807) is 0 Å². The average Bonchev–Trinajstić information content (AvgIpc) is 1.64. The maximum Gasteiger partial charge on any atom is 0.200 e. The normalized spacial score (nSPS) is 12.3. The van der Waals surface area contributed by atoms with Gasteiger partial charge in [0.1, 0.15) is 0 Å². The molecule has 0 spiro atoms. The van der Waals surface area contributed by atoms with Crippen molar-refractivity contribution in [2.24, 2.45) is 0 Å². The van der Waals surface area contributed by atoms with E-state index >= 15 is 70.2 Å². The van der Waals surface area contributed by atoms with Crippen molar-refractivity contribution < 1.29 is 87.8 Å². The van der Waals surface area contributed by atoms with Crippen molar-refractivity contribution >= 4 is 90.0 Å². The van der Waals surface area contributed by atoms with Gasteiger partial charge in [-0.2, -0.15) is 0 Å². The van der Waals surface area contributed by atoms with Crippen molar-refractivity contribution in [3.63, 3.8) is 0 Å². The van der Waals surface area contributed by atoms with Crippen LogP contribution in [0.15, 0.2) is 72.8 Å². The van der Waals surface area contributed by atoms with Crippen LogP contribution in [0.2, 0.25) is 0 Å². The summed E-state index contributed by atoms with van der Waals surface area (Å²) in [6.45, 7) is 0. The third-order valence-electron chi connectivity index (χ3n) is 14.5. The molecule has 13 rings (SSSR count). The lowest BCUT2D eigenvalue weighted by Gasteiger charge is -2.11. The highest BCUT2D eigenvalue weighted by atomic mass is 19.2. The molecule has 86 heavy (non-hydrogen) atoms. The van der Waals surface area contributed by atoms with E-state index in [4.69, 9.17) is 0 Å². The van der Waals surface area contributed by atoms with E-state index in [1.165, 1.54) is 24.3 Å². The molecule has 16 bridgehead atoms. The predicted molar refractivity (Wildman–Crippen MR) is 276 cm³/mol. The Kier molecular flexibility index (Phi) is 12.5. The van der Waals surface area contributed by atoms with Gasteiger partial charge in [0.25, 0.3) is 0 Å². The molecule has 8 heterocycles. The van der Waals surface area contributed by atoms with E-state index in [0.717, 1.165) is 72.8 Å². The fourth-order valence-electron chi connectivity index (χ4n) is 10.7. The number of aromatic amines is 4. The van der Waals surface area contributed by atoms with Gasteiger partial charge in [0.15, 0.2) is 93.1 Å². The molecular formula is C60H20F20N6. The first-order chi connectivity index (χ1) is 41.0. The highest BCUT2D eigenvalue weighted by Crippen LogP contribution is 2.45. The highest BCUT2D eigenvalue weighted by molar-refractivity contribution is 6.13. The smallest absolute Gasteiger partial charge is 0.200 e. The Morgan fingerprint density at radius 2 is 0.395 bits per heavy atom. The summed E-state index contributed by atoms with van der Waals surface area (Å²) < 4.78 is 311. The molecule has 2 aliphatic heterocycles. The topological polar surface area (TPSA) is 88.9 Å². The standard InChI is InChI=1S/C60H20F20N6/c61-41-37(42(62)50(70)57(77)49(41)69)33-23-8-4-19(81-23)31-17-2-1-3-18(16-17)32(21-6-10-25(83-21)35(29-14-12-27(33)85-29)39-45(65)53(73)59(79)54(74)46(39)66)22-7-11-26(84-22)36(40-47(67)55(75)60(80)56(76)48(40)68)30-15-13-28(86-30)34(24-9-5-20(31)82-24)38-43(63)51(71)58(78)52(72)44(38)64/h1-16,81-84H. The molecule has 0 saturated heterocycles. The van der Waals surface area contributed by atoms with Crippen LogP contribution in [0.4, 0.5) is 87.8 Å². The van der Waals surface area contributed by atoms with Crippen molar-refractivity contribution in [2.45, 2.75) is 0 Å². The van der Waals surface area contributed by atoms with E-state index in [1.807, 2.05) is 0 Å². The molecule has 0 amide bonds. The Balaban J connectivity index is 1.32. The third-order valence-corrected chi connectivity index (χ3v) is 14.5. The summed E-state index contributed by atoms with van der Waals surface area (Å²) in [5, 5.41) is -0.210. The molecule has 0 atom stereocenters. The molecule has 430 valence electrons. The zero-order valence-corrected chi connectivity index (χ0v) is 41.7. The molecule has 5 aromatic carbocycles. The molecule has 6 nitrogen and oxygen atoms in total. The zero-order valence-electron chi connectivity index (χ0n) is 41.7. The fraction of sp³-hybridized carbons (Fsp3) is 0. The van der Waals surface area contributed by atoms with Crippen molar-refractivity contribution in [3.05, 3.63) is 212 Å². The van der Waals surface area contributed by atoms with E-state index in [0.29, 0.717) is 0 Å². The number of nitrogens with zero attached hydrogens (tertiary/aromatic N) is 2. The maximum absolute atomic E-state index is 16.3. The quantitative estimate of drug-likeness (QED) is 0.0804. The number of fused-ring (bicyclic) bond motifs is 16. The van der Waals surface area contributed by atoms with E-state index in [9.17, 15) is 17.6 Å². The van der Waals surface area contributed by atoms with Gasteiger partial charge < -0.3 is 19.9 Å². The number of H-pyrrole nitrogens is 4. The van der Waals surface area contributed by atoms with E-state index in [-0.39, 0.29) is 43.6 Å². The van der Waals surface area contributed by atoms with Gasteiger partial charge in [-0.3, -0.25) is 0 Å².